The maximum Gasteiger partial charge on any atom is 0.387 e. The molecule has 0 saturated heterocycles. The van der Waals surface area contributed by atoms with Crippen molar-refractivity contribution in [1.82, 2.24) is 5.32 Å². The normalized spacial score (nSPS) is 14.5. The minimum Gasteiger partial charge on any atom is -0.497 e. The molecule has 29 heavy (non-hydrogen) atoms. The Morgan fingerprint density at radius 3 is 2.34 bits per heavy atom. The molecular weight excluding hydrogens is 386 g/mol. The molecule has 1 fully saturated rings. The number of nitrogens with zero attached hydrogens (tertiary/aromatic N) is 1. The van der Waals surface area contributed by atoms with Crippen molar-refractivity contribution in [3.05, 3.63) is 57.6 Å². The fraction of sp³-hybridized carbons (Fsp3) is 0.400. The third kappa shape index (κ3) is 5.11. The fourth-order valence-electron chi connectivity index (χ4n) is 3.27. The standard InChI is InChI=1S/C20H22F2N2O5/c1-27-15-7-5-13(6-8-15)19(12-3-4-12)23-11-14-9-17(28-2)18(29-20(21)22)10-16(14)24(25)26/h5-10,12,19-20,23H,3-4,11H2,1-2H3. The first-order valence-corrected chi connectivity index (χ1v) is 9.10. The van der Waals surface area contributed by atoms with Crippen molar-refractivity contribution in [2.75, 3.05) is 14.2 Å². The van der Waals surface area contributed by atoms with Gasteiger partial charge in [-0.05, 0) is 42.5 Å². The number of ether oxygens (including phenoxy) is 3. The molecule has 0 aliphatic heterocycles. The van der Waals surface area contributed by atoms with Gasteiger partial charge in [-0.3, -0.25) is 10.1 Å². The highest BCUT2D eigenvalue weighted by Crippen LogP contribution is 2.42. The first kappa shape index (κ1) is 20.8. The van der Waals surface area contributed by atoms with Crippen molar-refractivity contribution >= 4 is 5.69 Å². The van der Waals surface area contributed by atoms with Gasteiger partial charge in [0.2, 0.25) is 0 Å². The van der Waals surface area contributed by atoms with Crippen LogP contribution in [0, 0.1) is 16.0 Å². The Kier molecular flexibility index (Phi) is 6.48. The molecule has 2 aromatic rings. The molecule has 2 aromatic carbocycles. The second-order valence-corrected chi connectivity index (χ2v) is 6.74. The third-order valence-electron chi connectivity index (χ3n) is 4.86. The van der Waals surface area contributed by atoms with E-state index in [0.717, 1.165) is 30.2 Å². The van der Waals surface area contributed by atoms with Crippen molar-refractivity contribution in [2.45, 2.75) is 32.0 Å². The van der Waals surface area contributed by atoms with Crippen LogP contribution in [0.5, 0.6) is 17.2 Å². The number of hydrogen-bond acceptors (Lipinski definition) is 6. The van der Waals surface area contributed by atoms with E-state index in [9.17, 15) is 18.9 Å². The summed E-state index contributed by atoms with van der Waals surface area (Å²) < 4.78 is 39.8. The number of benzene rings is 2. The van der Waals surface area contributed by atoms with Crippen LogP contribution in [0.25, 0.3) is 0 Å². The highest BCUT2D eigenvalue weighted by molar-refractivity contribution is 5.54. The summed E-state index contributed by atoms with van der Waals surface area (Å²) in [6.45, 7) is -2.93. The number of nitro benzene ring substituents is 1. The van der Waals surface area contributed by atoms with Crippen LogP contribution < -0.4 is 19.5 Å². The minimum absolute atomic E-state index is 0.0140. The molecule has 0 amide bonds. The average molecular weight is 408 g/mol. The summed E-state index contributed by atoms with van der Waals surface area (Å²) in [5, 5.41) is 14.8. The predicted molar refractivity (Wildman–Crippen MR) is 102 cm³/mol. The molecule has 0 heterocycles. The Morgan fingerprint density at radius 2 is 1.83 bits per heavy atom. The van der Waals surface area contributed by atoms with Crippen LogP contribution >= 0.6 is 0 Å². The van der Waals surface area contributed by atoms with Crippen molar-refractivity contribution < 1.29 is 27.9 Å². The van der Waals surface area contributed by atoms with Crippen LogP contribution in [-0.4, -0.2) is 25.8 Å². The SMILES string of the molecule is COc1ccc(C(NCc2cc(OC)c(OC(F)F)cc2[N+](=O)[O-])C2CC2)cc1. The smallest absolute Gasteiger partial charge is 0.387 e. The largest absolute Gasteiger partial charge is 0.497 e. The Bertz CT molecular complexity index is 857. The Balaban J connectivity index is 1.84. The maximum atomic E-state index is 12.6. The molecule has 3 rings (SSSR count). The predicted octanol–water partition coefficient (Wildman–Crippen LogP) is 4.45. The van der Waals surface area contributed by atoms with Crippen LogP contribution in [0.15, 0.2) is 36.4 Å². The monoisotopic (exact) mass is 408 g/mol. The molecule has 1 atom stereocenters. The van der Waals surface area contributed by atoms with Gasteiger partial charge >= 0.3 is 6.61 Å². The van der Waals surface area contributed by atoms with Crippen LogP contribution in [0.4, 0.5) is 14.5 Å². The molecule has 0 radical (unpaired) electrons. The minimum atomic E-state index is -3.11. The lowest BCUT2D eigenvalue weighted by Crippen LogP contribution is -2.23. The van der Waals surface area contributed by atoms with Crippen LogP contribution in [0.2, 0.25) is 0 Å². The zero-order chi connectivity index (χ0) is 21.0. The van der Waals surface area contributed by atoms with E-state index < -0.39 is 11.5 Å². The van der Waals surface area contributed by atoms with Crippen LogP contribution in [0.1, 0.15) is 30.0 Å². The third-order valence-corrected chi connectivity index (χ3v) is 4.86. The fourth-order valence-corrected chi connectivity index (χ4v) is 3.27. The van der Waals surface area contributed by atoms with E-state index >= 15 is 0 Å². The summed E-state index contributed by atoms with van der Waals surface area (Å²) >= 11 is 0. The zero-order valence-corrected chi connectivity index (χ0v) is 16.1. The van der Waals surface area contributed by atoms with Crippen LogP contribution in [-0.2, 0) is 6.54 Å². The summed E-state index contributed by atoms with van der Waals surface area (Å²) in [5.74, 6) is 0.830. The van der Waals surface area contributed by atoms with E-state index in [2.05, 4.69) is 10.1 Å². The zero-order valence-electron chi connectivity index (χ0n) is 16.1. The second-order valence-electron chi connectivity index (χ2n) is 6.74. The van der Waals surface area contributed by atoms with Gasteiger partial charge in [-0.1, -0.05) is 12.1 Å². The lowest BCUT2D eigenvalue weighted by atomic mass is 10.0. The van der Waals surface area contributed by atoms with Gasteiger partial charge in [0.1, 0.15) is 5.75 Å². The van der Waals surface area contributed by atoms with Gasteiger partial charge in [0.15, 0.2) is 11.5 Å². The van der Waals surface area contributed by atoms with Gasteiger partial charge in [-0.15, -0.1) is 0 Å². The van der Waals surface area contributed by atoms with Gasteiger partial charge in [0.25, 0.3) is 5.69 Å². The first-order chi connectivity index (χ1) is 13.9. The summed E-state index contributed by atoms with van der Waals surface area (Å²) in [4.78, 5) is 10.9. The number of rotatable bonds is 10. The molecule has 9 heteroatoms. The van der Waals surface area contributed by atoms with Gasteiger partial charge in [-0.2, -0.15) is 8.78 Å². The quantitative estimate of drug-likeness (QED) is 0.462. The molecule has 1 unspecified atom stereocenters. The highest BCUT2D eigenvalue weighted by Gasteiger charge is 2.32. The van der Waals surface area contributed by atoms with Crippen molar-refractivity contribution in [3.8, 4) is 17.2 Å². The lowest BCUT2D eigenvalue weighted by Gasteiger charge is -2.20. The summed E-state index contributed by atoms with van der Waals surface area (Å²) in [5.41, 5.74) is 1.08. The number of halogens is 2. The number of nitrogens with one attached hydrogen (secondary N) is 1. The van der Waals surface area contributed by atoms with E-state index in [-0.39, 0.29) is 29.8 Å². The lowest BCUT2D eigenvalue weighted by molar-refractivity contribution is -0.385. The first-order valence-electron chi connectivity index (χ1n) is 9.10. The Labute approximate surface area is 166 Å². The molecule has 1 aliphatic carbocycles. The topological polar surface area (TPSA) is 82.9 Å². The molecule has 0 bridgehead atoms. The van der Waals surface area contributed by atoms with Gasteiger partial charge in [0, 0.05) is 18.2 Å². The Hall–Kier alpha value is -2.94. The van der Waals surface area contributed by atoms with E-state index in [1.165, 1.54) is 13.2 Å². The van der Waals surface area contributed by atoms with E-state index in [0.29, 0.717) is 11.5 Å². The molecule has 7 nitrogen and oxygen atoms in total. The molecule has 1 saturated carbocycles. The molecule has 156 valence electrons. The molecular formula is C20H22F2N2O5. The highest BCUT2D eigenvalue weighted by atomic mass is 19.3. The number of hydrogen-bond donors (Lipinski definition) is 1. The van der Waals surface area contributed by atoms with Crippen molar-refractivity contribution in [3.63, 3.8) is 0 Å². The summed E-state index contributed by atoms with van der Waals surface area (Å²) in [6.07, 6.45) is 2.13. The van der Waals surface area contributed by atoms with Gasteiger partial charge in [-0.25, -0.2) is 0 Å². The maximum absolute atomic E-state index is 12.6. The molecule has 0 aromatic heterocycles. The van der Waals surface area contributed by atoms with Gasteiger partial charge < -0.3 is 19.5 Å². The number of alkyl halides is 2. The molecule has 0 spiro atoms. The van der Waals surface area contributed by atoms with E-state index in [4.69, 9.17) is 9.47 Å². The van der Waals surface area contributed by atoms with Crippen LogP contribution in [0.3, 0.4) is 0 Å². The molecule has 1 aliphatic rings. The number of nitro groups is 1. The summed E-state index contributed by atoms with van der Waals surface area (Å²) in [6, 6.07) is 10.0. The summed E-state index contributed by atoms with van der Waals surface area (Å²) in [7, 11) is 2.89. The second kappa shape index (κ2) is 9.04. The average Bonchev–Trinajstić information content (AvgIpc) is 3.53. The van der Waals surface area contributed by atoms with E-state index in [1.54, 1.807) is 7.11 Å². The Morgan fingerprint density at radius 1 is 1.14 bits per heavy atom. The molecule has 1 N–H and O–H groups in total. The van der Waals surface area contributed by atoms with E-state index in [1.807, 2.05) is 24.3 Å². The van der Waals surface area contributed by atoms with Crippen molar-refractivity contribution in [1.29, 1.82) is 0 Å². The van der Waals surface area contributed by atoms with Crippen molar-refractivity contribution in [2.24, 2.45) is 5.92 Å². The number of methoxy groups -OCH3 is 2. The van der Waals surface area contributed by atoms with Gasteiger partial charge in [0.05, 0.1) is 25.2 Å².